The van der Waals surface area contributed by atoms with Crippen LogP contribution in [0.2, 0.25) is 0 Å². The Morgan fingerprint density at radius 2 is 1.92 bits per heavy atom. The predicted molar refractivity (Wildman–Crippen MR) is 90.1 cm³/mol. The van der Waals surface area contributed by atoms with Gasteiger partial charge in [0.15, 0.2) is 5.78 Å². The largest absolute Gasteiger partial charge is 0.497 e. The molecule has 0 aromatic heterocycles. The van der Waals surface area contributed by atoms with E-state index in [9.17, 15) is 19.7 Å². The first-order valence-corrected chi connectivity index (χ1v) is 7.53. The molecule has 0 radical (unpaired) electrons. The molecule has 0 heterocycles. The van der Waals surface area contributed by atoms with Crippen molar-refractivity contribution in [2.75, 3.05) is 7.11 Å². The molecule has 0 aliphatic heterocycles. The Kier molecular flexibility index (Phi) is 5.84. The third-order valence-corrected chi connectivity index (χ3v) is 3.50. The van der Waals surface area contributed by atoms with Gasteiger partial charge in [0.1, 0.15) is 11.5 Å². The second-order valence-electron chi connectivity index (χ2n) is 5.31. The average molecular weight is 343 g/mol. The van der Waals surface area contributed by atoms with Crippen LogP contribution in [0.15, 0.2) is 42.5 Å². The fraction of sp³-hybridized carbons (Fsp3) is 0.222. The van der Waals surface area contributed by atoms with E-state index in [1.165, 1.54) is 38.3 Å². The van der Waals surface area contributed by atoms with E-state index in [-0.39, 0.29) is 29.2 Å². The molecule has 0 fully saturated rings. The maximum absolute atomic E-state index is 12.5. The monoisotopic (exact) mass is 343 g/mol. The predicted octanol–water partition coefficient (Wildman–Crippen LogP) is 3.34. The van der Waals surface area contributed by atoms with Crippen LogP contribution in [0.1, 0.15) is 29.3 Å². The van der Waals surface area contributed by atoms with E-state index in [1.807, 2.05) is 0 Å². The minimum absolute atomic E-state index is 0.0214. The number of ketones is 1. The summed E-state index contributed by atoms with van der Waals surface area (Å²) in [5.41, 5.74) is 0.895. The number of benzene rings is 2. The molecule has 0 atom stereocenters. The first-order chi connectivity index (χ1) is 11.9. The number of carbonyl (C=O) groups excluding carboxylic acids is 2. The summed E-state index contributed by atoms with van der Waals surface area (Å²) < 4.78 is 10.2. The number of carbonyl (C=O) groups is 2. The average Bonchev–Trinajstić information content (AvgIpc) is 2.59. The molecule has 0 unspecified atom stereocenters. The Hall–Kier alpha value is -3.22. The van der Waals surface area contributed by atoms with Crippen LogP contribution in [-0.2, 0) is 11.2 Å². The van der Waals surface area contributed by atoms with Gasteiger partial charge in [0.05, 0.1) is 17.6 Å². The van der Waals surface area contributed by atoms with Gasteiger partial charge in [-0.15, -0.1) is 0 Å². The zero-order valence-corrected chi connectivity index (χ0v) is 13.9. The highest BCUT2D eigenvalue weighted by Crippen LogP contribution is 2.26. The number of nitro groups is 1. The molecule has 130 valence electrons. The third kappa shape index (κ3) is 4.87. The topological polar surface area (TPSA) is 95.7 Å². The van der Waals surface area contributed by atoms with Crippen LogP contribution in [0, 0.1) is 10.1 Å². The van der Waals surface area contributed by atoms with Gasteiger partial charge in [-0.25, -0.2) is 0 Å². The van der Waals surface area contributed by atoms with Crippen LogP contribution >= 0.6 is 0 Å². The van der Waals surface area contributed by atoms with Gasteiger partial charge < -0.3 is 9.47 Å². The van der Waals surface area contributed by atoms with Crippen molar-refractivity contribution in [1.29, 1.82) is 0 Å². The van der Waals surface area contributed by atoms with Gasteiger partial charge in [0.2, 0.25) is 0 Å². The van der Waals surface area contributed by atoms with Gasteiger partial charge in [-0.05, 0) is 30.2 Å². The zero-order chi connectivity index (χ0) is 18.4. The first kappa shape index (κ1) is 18.1. The molecule has 2 rings (SSSR count). The lowest BCUT2D eigenvalue weighted by atomic mass is 10.0. The number of hydrogen-bond acceptors (Lipinski definition) is 6. The number of aryl methyl sites for hydroxylation is 1. The van der Waals surface area contributed by atoms with Crippen molar-refractivity contribution in [2.24, 2.45) is 0 Å². The van der Waals surface area contributed by atoms with Crippen molar-refractivity contribution in [3.05, 3.63) is 63.7 Å². The zero-order valence-electron chi connectivity index (χ0n) is 13.9. The van der Waals surface area contributed by atoms with Crippen molar-refractivity contribution in [3.63, 3.8) is 0 Å². The molecule has 0 saturated heterocycles. The van der Waals surface area contributed by atoms with Gasteiger partial charge in [0, 0.05) is 25.5 Å². The normalized spacial score (nSPS) is 10.2. The van der Waals surface area contributed by atoms with E-state index < -0.39 is 10.9 Å². The number of rotatable bonds is 7. The second kappa shape index (κ2) is 8.05. The summed E-state index contributed by atoms with van der Waals surface area (Å²) in [6.07, 6.45) is 0.444. The molecule has 2 aromatic rings. The number of ether oxygens (including phenoxy) is 2. The third-order valence-electron chi connectivity index (χ3n) is 3.50. The van der Waals surface area contributed by atoms with Crippen LogP contribution in [0.4, 0.5) is 5.69 Å². The highest BCUT2D eigenvalue weighted by molar-refractivity contribution is 5.99. The number of hydrogen-bond donors (Lipinski definition) is 0. The lowest BCUT2D eigenvalue weighted by Gasteiger charge is -2.10. The van der Waals surface area contributed by atoms with E-state index in [2.05, 4.69) is 0 Å². The molecule has 0 N–H and O–H groups in total. The first-order valence-electron chi connectivity index (χ1n) is 7.53. The Bertz CT molecular complexity index is 815. The van der Waals surface area contributed by atoms with Crippen LogP contribution in [-0.4, -0.2) is 23.8 Å². The summed E-state index contributed by atoms with van der Waals surface area (Å²) >= 11 is 0. The van der Waals surface area contributed by atoms with Crippen LogP contribution < -0.4 is 9.47 Å². The summed E-state index contributed by atoms with van der Waals surface area (Å²) in [6, 6.07) is 10.7. The van der Waals surface area contributed by atoms with E-state index in [0.29, 0.717) is 17.7 Å². The van der Waals surface area contributed by atoms with Gasteiger partial charge in [-0.3, -0.25) is 19.7 Å². The molecule has 0 amide bonds. The Morgan fingerprint density at radius 3 is 2.56 bits per heavy atom. The van der Waals surface area contributed by atoms with Crippen molar-refractivity contribution >= 4 is 17.4 Å². The second-order valence-corrected chi connectivity index (χ2v) is 5.31. The molecule has 0 saturated carbocycles. The number of nitrogens with zero attached hydrogens (tertiary/aromatic N) is 1. The maximum Gasteiger partial charge on any atom is 0.308 e. The summed E-state index contributed by atoms with van der Waals surface area (Å²) in [4.78, 5) is 34.0. The number of non-ortho nitro benzene ring substituents is 1. The fourth-order valence-electron chi connectivity index (χ4n) is 2.32. The van der Waals surface area contributed by atoms with E-state index >= 15 is 0 Å². The van der Waals surface area contributed by atoms with E-state index in [1.54, 1.807) is 18.2 Å². The van der Waals surface area contributed by atoms with Crippen molar-refractivity contribution in [3.8, 4) is 11.5 Å². The van der Waals surface area contributed by atoms with Crippen molar-refractivity contribution in [2.45, 2.75) is 19.8 Å². The smallest absolute Gasteiger partial charge is 0.308 e. The molecule has 25 heavy (non-hydrogen) atoms. The molecule has 0 bridgehead atoms. The lowest BCUT2D eigenvalue weighted by molar-refractivity contribution is -0.384. The van der Waals surface area contributed by atoms with Crippen molar-refractivity contribution < 1.29 is 24.0 Å². The highest BCUT2D eigenvalue weighted by atomic mass is 16.6. The Morgan fingerprint density at radius 1 is 1.16 bits per heavy atom. The van der Waals surface area contributed by atoms with Crippen molar-refractivity contribution in [1.82, 2.24) is 0 Å². The molecule has 0 aliphatic carbocycles. The van der Waals surface area contributed by atoms with E-state index in [4.69, 9.17) is 9.47 Å². The van der Waals surface area contributed by atoms with Gasteiger partial charge >= 0.3 is 5.97 Å². The van der Waals surface area contributed by atoms with Gasteiger partial charge in [0.25, 0.3) is 5.69 Å². The summed E-state index contributed by atoms with van der Waals surface area (Å²) in [5.74, 6) is -0.147. The number of esters is 1. The number of nitro benzene ring substituents is 1. The van der Waals surface area contributed by atoms with Crippen LogP contribution in [0.5, 0.6) is 11.5 Å². The minimum atomic E-state index is -0.530. The summed E-state index contributed by atoms with van der Waals surface area (Å²) in [5, 5.41) is 10.8. The highest BCUT2D eigenvalue weighted by Gasteiger charge is 2.16. The van der Waals surface area contributed by atoms with Gasteiger partial charge in [-0.1, -0.05) is 12.1 Å². The molecular formula is C18H17NO6. The standard InChI is InChI=1S/C18H17NO6/c1-12(20)25-18-9-7-15(24-2)11-16(18)17(21)8-6-13-4-3-5-14(10-13)19(22)23/h3-5,7,9-11H,6,8H2,1-2H3. The van der Waals surface area contributed by atoms with Crippen LogP contribution in [0.3, 0.4) is 0 Å². The molecule has 0 spiro atoms. The summed E-state index contributed by atoms with van der Waals surface area (Å²) in [7, 11) is 1.47. The molecule has 2 aromatic carbocycles. The number of Topliss-reactive ketones (excluding diaryl/α,β-unsaturated/α-hetero) is 1. The molecule has 7 heteroatoms. The number of methoxy groups -OCH3 is 1. The quantitative estimate of drug-likeness (QED) is 0.251. The molecule has 7 nitrogen and oxygen atoms in total. The van der Waals surface area contributed by atoms with E-state index in [0.717, 1.165) is 0 Å². The van der Waals surface area contributed by atoms with Gasteiger partial charge in [-0.2, -0.15) is 0 Å². The fourth-order valence-corrected chi connectivity index (χ4v) is 2.32. The Labute approximate surface area is 144 Å². The maximum atomic E-state index is 12.5. The lowest BCUT2D eigenvalue weighted by Crippen LogP contribution is -2.09. The SMILES string of the molecule is COc1ccc(OC(C)=O)c(C(=O)CCc2cccc([N+](=O)[O-])c2)c1. The minimum Gasteiger partial charge on any atom is -0.497 e. The molecular weight excluding hydrogens is 326 g/mol. The van der Waals surface area contributed by atoms with Crippen LogP contribution in [0.25, 0.3) is 0 Å². The Balaban J connectivity index is 2.18. The molecule has 0 aliphatic rings. The summed E-state index contributed by atoms with van der Waals surface area (Å²) in [6.45, 7) is 1.25.